The summed E-state index contributed by atoms with van der Waals surface area (Å²) in [6.45, 7) is 7.25. The molecule has 0 bridgehead atoms. The maximum atomic E-state index is 13.0. The van der Waals surface area contributed by atoms with Crippen LogP contribution in [0.15, 0.2) is 42.5 Å². The van der Waals surface area contributed by atoms with E-state index in [0.29, 0.717) is 17.2 Å². The number of anilines is 1. The number of carbonyl (C=O) groups excluding carboxylic acids is 2. The highest BCUT2D eigenvalue weighted by atomic mass is 19.1. The molecule has 6 nitrogen and oxygen atoms in total. The standard InChI is InChI=1S/C21H23FN2O4/c1-12(2)18(24-19(25)13-5-7-14(22)8-6-13)20(26)23-15-9-10-16-17(11-15)28-21(3,4)27-16/h5-12,18H,1-4H3,(H,23,26)(H,24,25). The molecule has 0 aromatic heterocycles. The number of halogens is 1. The minimum atomic E-state index is -0.764. The highest BCUT2D eigenvalue weighted by Gasteiger charge is 2.32. The van der Waals surface area contributed by atoms with E-state index in [4.69, 9.17) is 9.47 Å². The van der Waals surface area contributed by atoms with Crippen LogP contribution in [-0.4, -0.2) is 23.6 Å². The molecule has 0 spiro atoms. The molecule has 2 aromatic rings. The van der Waals surface area contributed by atoms with Gasteiger partial charge in [-0.05, 0) is 42.3 Å². The first kappa shape index (κ1) is 19.7. The molecular formula is C21H23FN2O4. The van der Waals surface area contributed by atoms with Crippen molar-refractivity contribution in [3.05, 3.63) is 53.8 Å². The normalized spacial score (nSPS) is 15.2. The first-order chi connectivity index (χ1) is 13.1. The van der Waals surface area contributed by atoms with Gasteiger partial charge in [0.25, 0.3) is 5.91 Å². The molecular weight excluding hydrogens is 363 g/mol. The van der Waals surface area contributed by atoms with Gasteiger partial charge in [0.2, 0.25) is 11.7 Å². The zero-order chi connectivity index (χ0) is 20.5. The van der Waals surface area contributed by atoms with Gasteiger partial charge in [-0.1, -0.05) is 13.8 Å². The van der Waals surface area contributed by atoms with Gasteiger partial charge in [0, 0.05) is 31.2 Å². The fourth-order valence-corrected chi connectivity index (χ4v) is 2.88. The van der Waals surface area contributed by atoms with Gasteiger partial charge in [-0.2, -0.15) is 0 Å². The van der Waals surface area contributed by atoms with Crippen LogP contribution in [0.25, 0.3) is 0 Å². The van der Waals surface area contributed by atoms with Crippen LogP contribution in [0.1, 0.15) is 38.1 Å². The summed E-state index contributed by atoms with van der Waals surface area (Å²) in [5, 5.41) is 5.51. The Morgan fingerprint density at radius 2 is 1.64 bits per heavy atom. The predicted octanol–water partition coefficient (Wildman–Crippen LogP) is 3.73. The third-order valence-electron chi connectivity index (χ3n) is 4.26. The van der Waals surface area contributed by atoms with Gasteiger partial charge >= 0.3 is 0 Å². The summed E-state index contributed by atoms with van der Waals surface area (Å²) in [7, 11) is 0. The molecule has 1 heterocycles. The van der Waals surface area contributed by atoms with E-state index in [-0.39, 0.29) is 17.4 Å². The highest BCUT2D eigenvalue weighted by Crippen LogP contribution is 2.40. The van der Waals surface area contributed by atoms with Crippen molar-refractivity contribution >= 4 is 17.5 Å². The minimum absolute atomic E-state index is 0.155. The molecule has 28 heavy (non-hydrogen) atoms. The SMILES string of the molecule is CC(C)C(NC(=O)c1ccc(F)cc1)C(=O)Nc1ccc2c(c1)OC(C)(C)O2. The summed E-state index contributed by atoms with van der Waals surface area (Å²) in [6, 6.07) is 9.50. The van der Waals surface area contributed by atoms with Gasteiger partial charge in [-0.3, -0.25) is 9.59 Å². The molecule has 3 rings (SSSR count). The van der Waals surface area contributed by atoms with Crippen LogP contribution in [0.5, 0.6) is 11.5 Å². The molecule has 1 aliphatic rings. The van der Waals surface area contributed by atoms with Crippen molar-refractivity contribution < 1.29 is 23.5 Å². The van der Waals surface area contributed by atoms with Gasteiger partial charge in [-0.25, -0.2) is 4.39 Å². The molecule has 0 radical (unpaired) electrons. The van der Waals surface area contributed by atoms with E-state index in [1.807, 2.05) is 13.8 Å². The van der Waals surface area contributed by atoms with Crippen LogP contribution in [0.4, 0.5) is 10.1 Å². The third-order valence-corrected chi connectivity index (χ3v) is 4.26. The van der Waals surface area contributed by atoms with Gasteiger partial charge in [0.05, 0.1) is 0 Å². The monoisotopic (exact) mass is 386 g/mol. The number of hydrogen-bond donors (Lipinski definition) is 2. The molecule has 0 fully saturated rings. The molecule has 1 atom stereocenters. The molecule has 148 valence electrons. The Balaban J connectivity index is 1.70. The molecule has 1 aliphatic heterocycles. The second-order valence-electron chi connectivity index (χ2n) is 7.46. The van der Waals surface area contributed by atoms with Crippen molar-refractivity contribution in [2.75, 3.05) is 5.32 Å². The lowest BCUT2D eigenvalue weighted by molar-refractivity contribution is -0.118. The number of amides is 2. The second-order valence-corrected chi connectivity index (χ2v) is 7.46. The first-order valence-corrected chi connectivity index (χ1v) is 9.04. The van der Waals surface area contributed by atoms with Gasteiger partial charge in [-0.15, -0.1) is 0 Å². The summed E-state index contributed by atoms with van der Waals surface area (Å²) in [6.07, 6.45) is 0. The van der Waals surface area contributed by atoms with E-state index in [2.05, 4.69) is 10.6 Å². The van der Waals surface area contributed by atoms with Crippen LogP contribution < -0.4 is 20.1 Å². The largest absolute Gasteiger partial charge is 0.449 e. The summed E-state index contributed by atoms with van der Waals surface area (Å²) in [4.78, 5) is 25.1. The van der Waals surface area contributed by atoms with Crippen molar-refractivity contribution in [1.82, 2.24) is 5.32 Å². The number of ether oxygens (including phenoxy) is 2. The van der Waals surface area contributed by atoms with Gasteiger partial charge in [0.1, 0.15) is 11.9 Å². The predicted molar refractivity (Wildman–Crippen MR) is 103 cm³/mol. The van der Waals surface area contributed by atoms with E-state index in [1.54, 1.807) is 32.0 Å². The van der Waals surface area contributed by atoms with E-state index >= 15 is 0 Å². The highest BCUT2D eigenvalue weighted by molar-refractivity contribution is 6.01. The zero-order valence-electron chi connectivity index (χ0n) is 16.2. The summed E-state index contributed by atoms with van der Waals surface area (Å²) in [5.74, 6) is -0.996. The quantitative estimate of drug-likeness (QED) is 0.821. The van der Waals surface area contributed by atoms with Crippen LogP contribution in [-0.2, 0) is 4.79 Å². The van der Waals surface area contributed by atoms with Crippen LogP contribution in [0, 0.1) is 11.7 Å². The maximum absolute atomic E-state index is 13.0. The van der Waals surface area contributed by atoms with E-state index in [0.717, 1.165) is 0 Å². The Morgan fingerprint density at radius 1 is 1.00 bits per heavy atom. The van der Waals surface area contributed by atoms with E-state index < -0.39 is 23.6 Å². The van der Waals surface area contributed by atoms with Gasteiger partial charge < -0.3 is 20.1 Å². The molecule has 1 unspecified atom stereocenters. The molecule has 2 aromatic carbocycles. The third kappa shape index (κ3) is 4.42. The lowest BCUT2D eigenvalue weighted by atomic mass is 10.0. The molecule has 0 saturated carbocycles. The van der Waals surface area contributed by atoms with Crippen LogP contribution >= 0.6 is 0 Å². The summed E-state index contributed by atoms with van der Waals surface area (Å²) >= 11 is 0. The molecule has 7 heteroatoms. The van der Waals surface area contributed by atoms with Crippen LogP contribution in [0.2, 0.25) is 0 Å². The lowest BCUT2D eigenvalue weighted by Crippen LogP contribution is -2.47. The van der Waals surface area contributed by atoms with Crippen molar-refractivity contribution in [1.29, 1.82) is 0 Å². The fraction of sp³-hybridized carbons (Fsp3) is 0.333. The summed E-state index contributed by atoms with van der Waals surface area (Å²) in [5.41, 5.74) is 0.817. The Morgan fingerprint density at radius 3 is 2.29 bits per heavy atom. The van der Waals surface area contributed by atoms with Crippen molar-refractivity contribution in [2.45, 2.75) is 39.5 Å². The maximum Gasteiger partial charge on any atom is 0.251 e. The Hall–Kier alpha value is -3.09. The van der Waals surface area contributed by atoms with E-state index in [9.17, 15) is 14.0 Å². The molecule has 0 saturated heterocycles. The number of rotatable bonds is 5. The number of nitrogens with one attached hydrogen (secondary N) is 2. The number of carbonyl (C=O) groups is 2. The fourth-order valence-electron chi connectivity index (χ4n) is 2.88. The van der Waals surface area contributed by atoms with Crippen molar-refractivity contribution in [3.63, 3.8) is 0 Å². The average Bonchev–Trinajstić information content (AvgIpc) is 2.92. The number of fused-ring (bicyclic) bond motifs is 1. The Labute approximate surface area is 163 Å². The number of hydrogen-bond acceptors (Lipinski definition) is 4. The van der Waals surface area contributed by atoms with Crippen molar-refractivity contribution in [3.8, 4) is 11.5 Å². The topological polar surface area (TPSA) is 76.7 Å². The second kappa shape index (κ2) is 7.50. The van der Waals surface area contributed by atoms with Crippen molar-refractivity contribution in [2.24, 2.45) is 5.92 Å². The first-order valence-electron chi connectivity index (χ1n) is 9.04. The molecule has 0 aliphatic carbocycles. The van der Waals surface area contributed by atoms with Gasteiger partial charge in [0.15, 0.2) is 11.5 Å². The molecule has 2 N–H and O–H groups in total. The van der Waals surface area contributed by atoms with E-state index in [1.165, 1.54) is 24.3 Å². The number of benzene rings is 2. The average molecular weight is 386 g/mol. The zero-order valence-corrected chi connectivity index (χ0v) is 16.2. The molecule has 2 amide bonds. The minimum Gasteiger partial charge on any atom is -0.449 e. The lowest BCUT2D eigenvalue weighted by Gasteiger charge is -2.22. The Bertz CT molecular complexity index is 894. The smallest absolute Gasteiger partial charge is 0.251 e. The Kier molecular flexibility index (Phi) is 5.27. The van der Waals surface area contributed by atoms with Crippen LogP contribution in [0.3, 0.4) is 0 Å². The summed E-state index contributed by atoms with van der Waals surface area (Å²) < 4.78 is 24.4.